The maximum absolute atomic E-state index is 13.6. The highest BCUT2D eigenvalue weighted by atomic mass is 19.2. The Morgan fingerprint density at radius 1 is 1.05 bits per heavy atom. The standard InChI is InChI=1S/C15H9F3N2O/c16-11-3-1-9(5-12(11)17)7-15(21)20-14-4-2-10(8-19)6-13(14)18/h1-6H,7H2,(H,20,21). The lowest BCUT2D eigenvalue weighted by Crippen LogP contribution is -2.15. The van der Waals surface area contributed by atoms with Crippen molar-refractivity contribution in [2.75, 3.05) is 5.32 Å². The molecule has 0 bridgehead atoms. The van der Waals surface area contributed by atoms with Gasteiger partial charge in [-0.05, 0) is 35.9 Å². The molecule has 1 N–H and O–H groups in total. The Bertz CT molecular complexity index is 738. The molecule has 1 amide bonds. The first kappa shape index (κ1) is 14.6. The molecule has 2 rings (SSSR count). The minimum atomic E-state index is -1.05. The van der Waals surface area contributed by atoms with E-state index in [2.05, 4.69) is 5.32 Å². The average molecular weight is 290 g/mol. The van der Waals surface area contributed by atoms with Gasteiger partial charge < -0.3 is 5.32 Å². The van der Waals surface area contributed by atoms with Crippen LogP contribution < -0.4 is 5.32 Å². The van der Waals surface area contributed by atoms with Crippen molar-refractivity contribution in [2.45, 2.75) is 6.42 Å². The lowest BCUT2D eigenvalue weighted by atomic mass is 10.1. The Kier molecular flexibility index (Phi) is 4.24. The van der Waals surface area contributed by atoms with Crippen LogP contribution in [0.25, 0.3) is 0 Å². The summed E-state index contributed by atoms with van der Waals surface area (Å²) in [5.41, 5.74) is 0.313. The number of carbonyl (C=O) groups is 1. The number of benzene rings is 2. The van der Waals surface area contributed by atoms with Gasteiger partial charge in [0.1, 0.15) is 5.82 Å². The molecule has 0 aliphatic heterocycles. The van der Waals surface area contributed by atoms with Crippen molar-refractivity contribution in [3.05, 3.63) is 65.0 Å². The Morgan fingerprint density at radius 3 is 2.43 bits per heavy atom. The highest BCUT2D eigenvalue weighted by Crippen LogP contribution is 2.16. The summed E-state index contributed by atoms with van der Waals surface area (Å²) in [6.45, 7) is 0. The molecule has 106 valence electrons. The summed E-state index contributed by atoms with van der Waals surface area (Å²) in [5.74, 6) is -3.38. The number of rotatable bonds is 3. The molecule has 0 radical (unpaired) electrons. The van der Waals surface area contributed by atoms with Gasteiger partial charge in [0.25, 0.3) is 0 Å². The van der Waals surface area contributed by atoms with E-state index < -0.39 is 23.4 Å². The van der Waals surface area contributed by atoms with Crippen molar-refractivity contribution >= 4 is 11.6 Å². The third kappa shape index (κ3) is 3.60. The van der Waals surface area contributed by atoms with E-state index in [0.717, 1.165) is 18.2 Å². The second-order valence-electron chi connectivity index (χ2n) is 4.28. The van der Waals surface area contributed by atoms with Crippen molar-refractivity contribution in [3.8, 4) is 6.07 Å². The van der Waals surface area contributed by atoms with Crippen LogP contribution in [0.2, 0.25) is 0 Å². The quantitative estimate of drug-likeness (QED) is 0.944. The number of nitrogens with zero attached hydrogens (tertiary/aromatic N) is 1. The van der Waals surface area contributed by atoms with E-state index in [9.17, 15) is 18.0 Å². The molecule has 2 aromatic rings. The van der Waals surface area contributed by atoms with E-state index in [-0.39, 0.29) is 23.2 Å². The van der Waals surface area contributed by atoms with E-state index in [0.29, 0.717) is 0 Å². The molecular formula is C15H9F3N2O. The van der Waals surface area contributed by atoms with Crippen molar-refractivity contribution < 1.29 is 18.0 Å². The second-order valence-corrected chi connectivity index (χ2v) is 4.28. The van der Waals surface area contributed by atoms with Gasteiger partial charge in [0, 0.05) is 0 Å². The van der Waals surface area contributed by atoms with E-state index in [1.54, 1.807) is 6.07 Å². The summed E-state index contributed by atoms with van der Waals surface area (Å²) in [6, 6.07) is 8.48. The predicted molar refractivity (Wildman–Crippen MR) is 69.8 cm³/mol. The molecule has 0 fully saturated rings. The predicted octanol–water partition coefficient (Wildman–Crippen LogP) is 3.16. The number of amides is 1. The molecule has 0 unspecified atom stereocenters. The largest absolute Gasteiger partial charge is 0.323 e. The molecule has 6 heteroatoms. The van der Waals surface area contributed by atoms with Crippen LogP contribution in [0.5, 0.6) is 0 Å². The van der Waals surface area contributed by atoms with Crippen molar-refractivity contribution in [1.29, 1.82) is 5.26 Å². The molecule has 0 heterocycles. The van der Waals surface area contributed by atoms with Gasteiger partial charge in [-0.15, -0.1) is 0 Å². The van der Waals surface area contributed by atoms with Crippen molar-refractivity contribution in [2.24, 2.45) is 0 Å². The first-order valence-electron chi connectivity index (χ1n) is 5.93. The number of hydrogen-bond donors (Lipinski definition) is 1. The number of hydrogen-bond acceptors (Lipinski definition) is 2. The van der Waals surface area contributed by atoms with E-state index in [4.69, 9.17) is 5.26 Å². The van der Waals surface area contributed by atoms with Crippen LogP contribution in [0, 0.1) is 28.8 Å². The Balaban J connectivity index is 2.08. The zero-order valence-corrected chi connectivity index (χ0v) is 10.7. The fourth-order valence-corrected chi connectivity index (χ4v) is 1.72. The fourth-order valence-electron chi connectivity index (χ4n) is 1.72. The molecule has 0 saturated carbocycles. The zero-order chi connectivity index (χ0) is 15.4. The van der Waals surface area contributed by atoms with E-state index in [1.807, 2.05) is 0 Å². The maximum Gasteiger partial charge on any atom is 0.228 e. The molecule has 0 aliphatic carbocycles. The van der Waals surface area contributed by atoms with Gasteiger partial charge in [-0.3, -0.25) is 4.79 Å². The maximum atomic E-state index is 13.6. The fraction of sp³-hybridized carbons (Fsp3) is 0.0667. The van der Waals surface area contributed by atoms with Crippen LogP contribution in [0.15, 0.2) is 36.4 Å². The molecule has 21 heavy (non-hydrogen) atoms. The Labute approximate surface area is 118 Å². The van der Waals surface area contributed by atoms with Crippen molar-refractivity contribution in [3.63, 3.8) is 0 Å². The van der Waals surface area contributed by atoms with Crippen LogP contribution in [-0.4, -0.2) is 5.91 Å². The molecular weight excluding hydrogens is 281 g/mol. The van der Waals surface area contributed by atoms with E-state index in [1.165, 1.54) is 18.2 Å². The highest BCUT2D eigenvalue weighted by Gasteiger charge is 2.10. The molecule has 0 saturated heterocycles. The lowest BCUT2D eigenvalue weighted by Gasteiger charge is -2.07. The van der Waals surface area contributed by atoms with Gasteiger partial charge in [0.05, 0.1) is 23.7 Å². The van der Waals surface area contributed by atoms with Gasteiger partial charge in [-0.25, -0.2) is 13.2 Å². The van der Waals surface area contributed by atoms with Gasteiger partial charge in [0.2, 0.25) is 5.91 Å². The molecule has 3 nitrogen and oxygen atoms in total. The summed E-state index contributed by atoms with van der Waals surface area (Å²) < 4.78 is 39.3. The van der Waals surface area contributed by atoms with Crippen LogP contribution in [0.4, 0.5) is 18.9 Å². The van der Waals surface area contributed by atoms with Gasteiger partial charge >= 0.3 is 0 Å². The third-order valence-corrected chi connectivity index (χ3v) is 2.72. The summed E-state index contributed by atoms with van der Waals surface area (Å²) in [4.78, 5) is 11.7. The number of carbonyl (C=O) groups excluding carboxylic acids is 1. The summed E-state index contributed by atoms with van der Waals surface area (Å²) in [7, 11) is 0. The third-order valence-electron chi connectivity index (χ3n) is 2.72. The number of nitriles is 1. The lowest BCUT2D eigenvalue weighted by molar-refractivity contribution is -0.115. The van der Waals surface area contributed by atoms with Gasteiger partial charge in [-0.1, -0.05) is 6.07 Å². The Hall–Kier alpha value is -2.81. The smallest absolute Gasteiger partial charge is 0.228 e. The summed E-state index contributed by atoms with van der Waals surface area (Å²) in [5, 5.41) is 10.9. The molecule has 0 atom stereocenters. The van der Waals surface area contributed by atoms with Crippen LogP contribution in [-0.2, 0) is 11.2 Å². The SMILES string of the molecule is N#Cc1ccc(NC(=O)Cc2ccc(F)c(F)c2)c(F)c1. The van der Waals surface area contributed by atoms with Crippen LogP contribution >= 0.6 is 0 Å². The first-order valence-corrected chi connectivity index (χ1v) is 5.93. The topological polar surface area (TPSA) is 52.9 Å². The molecule has 0 aliphatic rings. The first-order chi connectivity index (χ1) is 9.99. The average Bonchev–Trinajstić information content (AvgIpc) is 2.45. The summed E-state index contributed by atoms with van der Waals surface area (Å²) >= 11 is 0. The molecule has 0 spiro atoms. The van der Waals surface area contributed by atoms with Gasteiger partial charge in [0.15, 0.2) is 11.6 Å². The van der Waals surface area contributed by atoms with E-state index >= 15 is 0 Å². The normalized spacial score (nSPS) is 10.0. The molecule has 2 aromatic carbocycles. The Morgan fingerprint density at radius 2 is 1.81 bits per heavy atom. The van der Waals surface area contributed by atoms with Crippen LogP contribution in [0.1, 0.15) is 11.1 Å². The highest BCUT2D eigenvalue weighted by molar-refractivity contribution is 5.92. The number of halogens is 3. The monoisotopic (exact) mass is 290 g/mol. The summed E-state index contributed by atoms with van der Waals surface area (Å²) in [6.07, 6.45) is -0.226. The van der Waals surface area contributed by atoms with Gasteiger partial charge in [-0.2, -0.15) is 5.26 Å². The minimum absolute atomic E-state index is 0.0819. The zero-order valence-electron chi connectivity index (χ0n) is 10.7. The van der Waals surface area contributed by atoms with Crippen molar-refractivity contribution in [1.82, 2.24) is 0 Å². The van der Waals surface area contributed by atoms with Crippen LogP contribution in [0.3, 0.4) is 0 Å². The minimum Gasteiger partial charge on any atom is -0.323 e. The second kappa shape index (κ2) is 6.09. The number of anilines is 1. The molecule has 0 aromatic heterocycles. The number of nitrogens with one attached hydrogen (secondary N) is 1.